The van der Waals surface area contributed by atoms with E-state index >= 15 is 0 Å². The quantitative estimate of drug-likeness (QED) is 0.870. The van der Waals surface area contributed by atoms with Gasteiger partial charge in [-0.15, -0.1) is 12.4 Å². The van der Waals surface area contributed by atoms with Crippen LogP contribution in [-0.4, -0.2) is 40.9 Å². The lowest BCUT2D eigenvalue weighted by atomic mass is 9.96. The van der Waals surface area contributed by atoms with Gasteiger partial charge in [0.2, 0.25) is 0 Å². The Kier molecular flexibility index (Phi) is 7.42. The molecule has 1 saturated heterocycles. The second-order valence-corrected chi connectivity index (χ2v) is 5.17. The van der Waals surface area contributed by atoms with E-state index in [-0.39, 0.29) is 12.4 Å². The highest BCUT2D eigenvalue weighted by Gasteiger charge is 2.19. The monoisotopic (exact) mass is 286 g/mol. The summed E-state index contributed by atoms with van der Waals surface area (Å²) in [5.74, 6) is 0.872. The van der Waals surface area contributed by atoms with Gasteiger partial charge in [-0.05, 0) is 57.9 Å². The van der Waals surface area contributed by atoms with Crippen molar-refractivity contribution in [3.05, 3.63) is 18.0 Å². The molecule has 0 spiro atoms. The lowest BCUT2D eigenvalue weighted by molar-refractivity contribution is 0.172. The van der Waals surface area contributed by atoms with E-state index in [1.807, 2.05) is 6.20 Å². The molecule has 0 bridgehead atoms. The molecule has 0 unspecified atom stereocenters. The minimum Gasteiger partial charge on any atom is -0.317 e. The van der Waals surface area contributed by atoms with Gasteiger partial charge in [-0.3, -0.25) is 9.58 Å². The molecule has 0 atom stereocenters. The summed E-state index contributed by atoms with van der Waals surface area (Å²) in [6.45, 7) is 11.1. The van der Waals surface area contributed by atoms with Crippen LogP contribution in [0.3, 0.4) is 0 Å². The molecule has 0 aromatic carbocycles. The Hall–Kier alpha value is -0.580. The number of hydrogen-bond donors (Lipinski definition) is 1. The summed E-state index contributed by atoms with van der Waals surface area (Å²) in [4.78, 5) is 2.56. The van der Waals surface area contributed by atoms with Crippen molar-refractivity contribution < 1.29 is 0 Å². The summed E-state index contributed by atoms with van der Waals surface area (Å²) in [6, 6.07) is 2.15. The number of rotatable bonds is 6. The smallest absolute Gasteiger partial charge is 0.0524 e. The van der Waals surface area contributed by atoms with Gasteiger partial charge in [0.15, 0.2) is 0 Å². The lowest BCUT2D eigenvalue weighted by Crippen LogP contribution is -2.37. The Morgan fingerprint density at radius 2 is 2.05 bits per heavy atom. The number of nitrogens with one attached hydrogen (secondary N) is 1. The molecule has 2 rings (SSSR count). The maximum atomic E-state index is 4.34. The summed E-state index contributed by atoms with van der Waals surface area (Å²) in [7, 11) is 0. The Balaban J connectivity index is 0.00000180. The fourth-order valence-electron chi connectivity index (χ4n) is 2.71. The Morgan fingerprint density at radius 1 is 1.32 bits per heavy atom. The van der Waals surface area contributed by atoms with E-state index in [1.54, 1.807) is 0 Å². The first kappa shape index (κ1) is 16.5. The molecule has 4 nitrogen and oxygen atoms in total. The Morgan fingerprint density at radius 3 is 2.68 bits per heavy atom. The van der Waals surface area contributed by atoms with Gasteiger partial charge in [0, 0.05) is 19.3 Å². The lowest BCUT2D eigenvalue weighted by Gasteiger charge is -2.32. The third-order valence-electron chi connectivity index (χ3n) is 3.88. The Labute approximate surface area is 123 Å². The second-order valence-electron chi connectivity index (χ2n) is 5.17. The minimum atomic E-state index is 0. The van der Waals surface area contributed by atoms with Crippen LogP contribution in [0.15, 0.2) is 12.3 Å². The molecular weight excluding hydrogens is 260 g/mol. The van der Waals surface area contributed by atoms with Gasteiger partial charge in [-0.1, -0.05) is 6.92 Å². The van der Waals surface area contributed by atoms with Crippen LogP contribution >= 0.6 is 12.4 Å². The Bertz CT molecular complexity index is 345. The van der Waals surface area contributed by atoms with Gasteiger partial charge in [0.1, 0.15) is 0 Å². The van der Waals surface area contributed by atoms with Crippen LogP contribution in [0.5, 0.6) is 0 Å². The number of aryl methyl sites for hydroxylation is 1. The molecule has 19 heavy (non-hydrogen) atoms. The van der Waals surface area contributed by atoms with Crippen molar-refractivity contribution in [3.63, 3.8) is 0 Å². The standard InChI is InChI=1S/C14H26N4.ClH/c1-3-15-11-13-6-9-17(10-7-13)12-14-5-8-16-18(14)4-2;/h5,8,13,15H,3-4,6-7,9-12H2,1-2H3;1H. The number of likely N-dealkylation sites (tertiary alicyclic amines) is 1. The molecule has 110 valence electrons. The predicted octanol–water partition coefficient (Wildman–Crippen LogP) is 2.15. The highest BCUT2D eigenvalue weighted by atomic mass is 35.5. The van der Waals surface area contributed by atoms with E-state index in [9.17, 15) is 0 Å². The fourth-order valence-corrected chi connectivity index (χ4v) is 2.71. The molecule has 0 saturated carbocycles. The first-order valence-electron chi connectivity index (χ1n) is 7.27. The molecule has 0 aliphatic carbocycles. The summed E-state index contributed by atoms with van der Waals surface area (Å²) in [5.41, 5.74) is 1.35. The van der Waals surface area contributed by atoms with Crippen molar-refractivity contribution in [1.82, 2.24) is 20.0 Å². The van der Waals surface area contributed by atoms with Crippen LogP contribution in [0.1, 0.15) is 32.4 Å². The van der Waals surface area contributed by atoms with E-state index in [0.717, 1.165) is 25.6 Å². The van der Waals surface area contributed by atoms with Crippen LogP contribution < -0.4 is 5.32 Å². The van der Waals surface area contributed by atoms with E-state index in [0.29, 0.717) is 0 Å². The minimum absolute atomic E-state index is 0. The summed E-state index contributed by atoms with van der Waals surface area (Å²) < 4.78 is 2.10. The predicted molar refractivity (Wildman–Crippen MR) is 81.7 cm³/mol. The number of aromatic nitrogens is 2. The summed E-state index contributed by atoms with van der Waals surface area (Å²) >= 11 is 0. The van der Waals surface area contributed by atoms with Crippen LogP contribution in [0, 0.1) is 5.92 Å². The van der Waals surface area contributed by atoms with Gasteiger partial charge < -0.3 is 5.32 Å². The number of nitrogens with zero attached hydrogens (tertiary/aromatic N) is 3. The number of halogens is 1. The van der Waals surface area contributed by atoms with Crippen LogP contribution in [0.4, 0.5) is 0 Å². The van der Waals surface area contributed by atoms with Gasteiger partial charge in [0.25, 0.3) is 0 Å². The molecule has 0 radical (unpaired) electrons. The highest BCUT2D eigenvalue weighted by molar-refractivity contribution is 5.85. The third kappa shape index (κ3) is 4.79. The van der Waals surface area contributed by atoms with Gasteiger partial charge >= 0.3 is 0 Å². The molecule has 0 amide bonds. The van der Waals surface area contributed by atoms with Crippen molar-refractivity contribution in [2.75, 3.05) is 26.2 Å². The number of hydrogen-bond acceptors (Lipinski definition) is 3. The van der Waals surface area contributed by atoms with Crippen molar-refractivity contribution in [2.45, 2.75) is 39.8 Å². The normalized spacial score (nSPS) is 17.4. The van der Waals surface area contributed by atoms with E-state index in [4.69, 9.17) is 0 Å². The molecule has 1 fully saturated rings. The van der Waals surface area contributed by atoms with Crippen LogP contribution in [0.25, 0.3) is 0 Å². The largest absolute Gasteiger partial charge is 0.317 e. The fraction of sp³-hybridized carbons (Fsp3) is 0.786. The zero-order valence-electron chi connectivity index (χ0n) is 12.1. The molecule has 2 heterocycles. The summed E-state index contributed by atoms with van der Waals surface area (Å²) in [6.07, 6.45) is 4.57. The van der Waals surface area contributed by atoms with Crippen LogP contribution in [0.2, 0.25) is 0 Å². The molecule has 1 aliphatic heterocycles. The molecule has 1 aliphatic rings. The third-order valence-corrected chi connectivity index (χ3v) is 3.88. The van der Waals surface area contributed by atoms with E-state index < -0.39 is 0 Å². The van der Waals surface area contributed by atoms with Crippen molar-refractivity contribution in [2.24, 2.45) is 5.92 Å². The SMILES string of the molecule is CCNCC1CCN(Cc2ccnn2CC)CC1.Cl. The topological polar surface area (TPSA) is 33.1 Å². The zero-order valence-corrected chi connectivity index (χ0v) is 13.0. The first-order valence-corrected chi connectivity index (χ1v) is 7.27. The molecule has 1 aromatic heterocycles. The first-order chi connectivity index (χ1) is 8.83. The number of piperidine rings is 1. The van der Waals surface area contributed by atoms with E-state index in [1.165, 1.54) is 38.2 Å². The zero-order chi connectivity index (χ0) is 12.8. The maximum Gasteiger partial charge on any atom is 0.0524 e. The maximum absolute atomic E-state index is 4.34. The van der Waals surface area contributed by atoms with Crippen LogP contribution in [-0.2, 0) is 13.1 Å². The molecular formula is C14H27ClN4. The van der Waals surface area contributed by atoms with Gasteiger partial charge in [-0.2, -0.15) is 5.10 Å². The average molecular weight is 287 g/mol. The highest BCUT2D eigenvalue weighted by Crippen LogP contribution is 2.18. The van der Waals surface area contributed by atoms with Gasteiger partial charge in [-0.25, -0.2) is 0 Å². The van der Waals surface area contributed by atoms with Crippen molar-refractivity contribution in [3.8, 4) is 0 Å². The van der Waals surface area contributed by atoms with Crippen molar-refractivity contribution >= 4 is 12.4 Å². The average Bonchev–Trinajstić information content (AvgIpc) is 2.85. The molecule has 5 heteroatoms. The summed E-state index contributed by atoms with van der Waals surface area (Å²) in [5, 5.41) is 7.80. The van der Waals surface area contributed by atoms with Crippen molar-refractivity contribution in [1.29, 1.82) is 0 Å². The van der Waals surface area contributed by atoms with Gasteiger partial charge in [0.05, 0.1) is 5.69 Å². The van der Waals surface area contributed by atoms with E-state index in [2.05, 4.69) is 39.9 Å². The second kappa shape index (κ2) is 8.56. The molecule has 1 aromatic rings. The molecule has 1 N–H and O–H groups in total.